The fourth-order valence-corrected chi connectivity index (χ4v) is 2.21. The summed E-state index contributed by atoms with van der Waals surface area (Å²) in [5.41, 5.74) is 2.12. The van der Waals surface area contributed by atoms with E-state index in [0.717, 1.165) is 30.2 Å². The van der Waals surface area contributed by atoms with Gasteiger partial charge in [0, 0.05) is 23.9 Å². The van der Waals surface area contributed by atoms with Crippen LogP contribution in [0, 0.1) is 19.8 Å². The summed E-state index contributed by atoms with van der Waals surface area (Å²) in [6, 6.07) is 2.51. The van der Waals surface area contributed by atoms with Gasteiger partial charge >= 0.3 is 0 Å². The molecule has 17 heavy (non-hydrogen) atoms. The lowest BCUT2D eigenvalue weighted by atomic mass is 10.0. The van der Waals surface area contributed by atoms with Crippen molar-refractivity contribution in [3.05, 3.63) is 23.3 Å². The van der Waals surface area contributed by atoms with Crippen molar-refractivity contribution in [3.63, 3.8) is 0 Å². The molecule has 0 saturated carbocycles. The van der Waals surface area contributed by atoms with E-state index in [0.29, 0.717) is 12.0 Å². The minimum Gasteiger partial charge on any atom is -0.314 e. The maximum Gasteiger partial charge on any atom is 0.130 e. The van der Waals surface area contributed by atoms with Gasteiger partial charge in [-0.15, -0.1) is 0 Å². The highest BCUT2D eigenvalue weighted by Crippen LogP contribution is 2.09. The minimum atomic E-state index is 0.487. The van der Waals surface area contributed by atoms with Crippen molar-refractivity contribution < 1.29 is 0 Å². The van der Waals surface area contributed by atoms with Crippen LogP contribution < -0.4 is 5.32 Å². The van der Waals surface area contributed by atoms with E-state index >= 15 is 0 Å². The van der Waals surface area contributed by atoms with Crippen molar-refractivity contribution in [2.24, 2.45) is 5.92 Å². The smallest absolute Gasteiger partial charge is 0.130 e. The molecular formula is C14H25N3. The maximum atomic E-state index is 4.51. The second kappa shape index (κ2) is 6.70. The number of hydrogen-bond donors (Lipinski definition) is 1. The Morgan fingerprint density at radius 3 is 2.24 bits per heavy atom. The van der Waals surface area contributed by atoms with Crippen molar-refractivity contribution in [2.45, 2.75) is 53.5 Å². The van der Waals surface area contributed by atoms with Crippen molar-refractivity contribution in [2.75, 3.05) is 6.54 Å². The Bertz CT molecular complexity index is 327. The number of hydrogen-bond acceptors (Lipinski definition) is 3. The number of nitrogens with one attached hydrogen (secondary N) is 1. The summed E-state index contributed by atoms with van der Waals surface area (Å²) < 4.78 is 0. The Labute approximate surface area is 105 Å². The largest absolute Gasteiger partial charge is 0.314 e. The molecule has 1 heterocycles. The molecule has 3 heteroatoms. The van der Waals surface area contributed by atoms with E-state index in [1.807, 2.05) is 19.9 Å². The third kappa shape index (κ3) is 5.26. The van der Waals surface area contributed by atoms with Crippen LogP contribution in [0.4, 0.5) is 0 Å². The molecule has 0 spiro atoms. The highest BCUT2D eigenvalue weighted by molar-refractivity contribution is 5.09. The molecule has 0 saturated heterocycles. The zero-order chi connectivity index (χ0) is 12.8. The molecule has 1 aromatic heterocycles. The monoisotopic (exact) mass is 235 g/mol. The van der Waals surface area contributed by atoms with Crippen LogP contribution in [0.5, 0.6) is 0 Å². The normalized spacial score (nSPS) is 13.1. The molecule has 1 N–H and O–H groups in total. The quantitative estimate of drug-likeness (QED) is 0.823. The zero-order valence-electron chi connectivity index (χ0n) is 11.7. The van der Waals surface area contributed by atoms with E-state index in [1.54, 1.807) is 0 Å². The van der Waals surface area contributed by atoms with Crippen LogP contribution in [0.15, 0.2) is 6.07 Å². The van der Waals surface area contributed by atoms with Crippen molar-refractivity contribution in [3.8, 4) is 0 Å². The lowest BCUT2D eigenvalue weighted by Gasteiger charge is -2.19. The molecule has 0 aliphatic rings. The first-order valence-corrected chi connectivity index (χ1v) is 6.55. The van der Waals surface area contributed by atoms with Crippen LogP contribution in [0.3, 0.4) is 0 Å². The number of aryl methyl sites for hydroxylation is 2. The summed E-state index contributed by atoms with van der Waals surface area (Å²) in [5.74, 6) is 1.67. The van der Waals surface area contributed by atoms with Crippen LogP contribution >= 0.6 is 0 Å². The molecule has 0 fully saturated rings. The van der Waals surface area contributed by atoms with Crippen LogP contribution in [-0.2, 0) is 6.42 Å². The Morgan fingerprint density at radius 1 is 1.18 bits per heavy atom. The molecule has 1 rings (SSSR count). The van der Waals surface area contributed by atoms with Gasteiger partial charge in [-0.3, -0.25) is 0 Å². The predicted octanol–water partition coefficient (Wildman–Crippen LogP) is 2.66. The second-order valence-corrected chi connectivity index (χ2v) is 5.16. The summed E-state index contributed by atoms with van der Waals surface area (Å²) in [6.07, 6.45) is 2.10. The number of rotatable bonds is 6. The van der Waals surface area contributed by atoms with E-state index in [4.69, 9.17) is 0 Å². The Morgan fingerprint density at radius 2 is 1.76 bits per heavy atom. The van der Waals surface area contributed by atoms with Crippen LogP contribution in [0.25, 0.3) is 0 Å². The first kappa shape index (κ1) is 14.1. The highest BCUT2D eigenvalue weighted by atomic mass is 14.9. The van der Waals surface area contributed by atoms with E-state index in [1.165, 1.54) is 6.42 Å². The lowest BCUT2D eigenvalue weighted by Crippen LogP contribution is -2.33. The average Bonchev–Trinajstić information content (AvgIpc) is 2.14. The molecule has 3 nitrogen and oxygen atoms in total. The second-order valence-electron chi connectivity index (χ2n) is 5.16. The van der Waals surface area contributed by atoms with Crippen molar-refractivity contribution in [1.82, 2.24) is 15.3 Å². The van der Waals surface area contributed by atoms with Gasteiger partial charge in [0.2, 0.25) is 0 Å². The standard InChI is InChI=1S/C14H25N3/c1-6-15-13(7-10(2)3)9-14-16-11(4)8-12(5)17-14/h8,10,13,15H,6-7,9H2,1-5H3. The van der Waals surface area contributed by atoms with E-state index < -0.39 is 0 Å². The van der Waals surface area contributed by atoms with Gasteiger partial charge in [-0.25, -0.2) is 9.97 Å². The van der Waals surface area contributed by atoms with Gasteiger partial charge < -0.3 is 5.32 Å². The van der Waals surface area contributed by atoms with Crippen molar-refractivity contribution in [1.29, 1.82) is 0 Å². The summed E-state index contributed by atoms with van der Waals surface area (Å²) in [5, 5.41) is 3.52. The molecule has 0 radical (unpaired) electrons. The molecule has 1 unspecified atom stereocenters. The highest BCUT2D eigenvalue weighted by Gasteiger charge is 2.12. The third-order valence-corrected chi connectivity index (χ3v) is 2.71. The maximum absolute atomic E-state index is 4.51. The summed E-state index contributed by atoms with van der Waals surface area (Å²) in [4.78, 5) is 9.02. The minimum absolute atomic E-state index is 0.487. The molecule has 0 aromatic carbocycles. The molecule has 96 valence electrons. The lowest BCUT2D eigenvalue weighted by molar-refractivity contribution is 0.417. The zero-order valence-corrected chi connectivity index (χ0v) is 11.7. The van der Waals surface area contributed by atoms with Crippen molar-refractivity contribution >= 4 is 0 Å². The molecule has 0 bridgehead atoms. The van der Waals surface area contributed by atoms with Gasteiger partial charge in [0.05, 0.1) is 0 Å². The van der Waals surface area contributed by atoms with Gasteiger partial charge in [-0.2, -0.15) is 0 Å². The van der Waals surface area contributed by atoms with Crippen LogP contribution in [-0.4, -0.2) is 22.6 Å². The van der Waals surface area contributed by atoms with Gasteiger partial charge in [-0.1, -0.05) is 20.8 Å². The SMILES string of the molecule is CCNC(Cc1nc(C)cc(C)n1)CC(C)C. The summed E-state index contributed by atoms with van der Waals surface area (Å²) >= 11 is 0. The molecular weight excluding hydrogens is 210 g/mol. The van der Waals surface area contributed by atoms with Gasteiger partial charge in [-0.05, 0) is 38.8 Å². The van der Waals surface area contributed by atoms with Gasteiger partial charge in [0.1, 0.15) is 5.82 Å². The fourth-order valence-electron chi connectivity index (χ4n) is 2.21. The molecule has 0 amide bonds. The van der Waals surface area contributed by atoms with Gasteiger partial charge in [0.25, 0.3) is 0 Å². The first-order valence-electron chi connectivity index (χ1n) is 6.55. The van der Waals surface area contributed by atoms with E-state index in [9.17, 15) is 0 Å². The summed E-state index contributed by atoms with van der Waals surface area (Å²) in [7, 11) is 0. The topological polar surface area (TPSA) is 37.8 Å². The molecule has 0 aliphatic carbocycles. The number of aromatic nitrogens is 2. The molecule has 0 aliphatic heterocycles. The molecule has 1 atom stereocenters. The number of likely N-dealkylation sites (N-methyl/N-ethyl adjacent to an activating group) is 1. The van der Waals surface area contributed by atoms with Crippen LogP contribution in [0.2, 0.25) is 0 Å². The first-order chi connectivity index (χ1) is 8.01. The summed E-state index contributed by atoms with van der Waals surface area (Å²) in [6.45, 7) is 11.7. The van der Waals surface area contributed by atoms with E-state index in [2.05, 4.69) is 36.1 Å². The Hall–Kier alpha value is -0.960. The average molecular weight is 235 g/mol. The van der Waals surface area contributed by atoms with E-state index in [-0.39, 0.29) is 0 Å². The number of nitrogens with zero attached hydrogens (tertiary/aromatic N) is 2. The van der Waals surface area contributed by atoms with Crippen LogP contribution in [0.1, 0.15) is 44.4 Å². The molecule has 1 aromatic rings. The Kier molecular flexibility index (Phi) is 5.56. The predicted molar refractivity (Wildman–Crippen MR) is 72.1 cm³/mol. The van der Waals surface area contributed by atoms with Gasteiger partial charge in [0.15, 0.2) is 0 Å². The fraction of sp³-hybridized carbons (Fsp3) is 0.714. The Balaban J connectivity index is 2.70. The third-order valence-electron chi connectivity index (χ3n) is 2.71.